The third-order valence-electron chi connectivity index (χ3n) is 4.13. The Bertz CT molecular complexity index is 945. The van der Waals surface area contributed by atoms with E-state index in [2.05, 4.69) is 32.0 Å². The number of amides is 1. The van der Waals surface area contributed by atoms with E-state index in [9.17, 15) is 4.79 Å². The van der Waals surface area contributed by atoms with Crippen molar-refractivity contribution >= 4 is 35.1 Å². The lowest BCUT2D eigenvalue weighted by atomic mass is 10.2. The third-order valence-corrected chi connectivity index (χ3v) is 5.32. The van der Waals surface area contributed by atoms with Gasteiger partial charge in [-0.3, -0.25) is 4.79 Å². The van der Waals surface area contributed by atoms with E-state index < -0.39 is 0 Å². The average molecular weight is 432 g/mol. The highest BCUT2D eigenvalue weighted by Gasteiger charge is 2.16. The van der Waals surface area contributed by atoms with Gasteiger partial charge in [0.2, 0.25) is 5.91 Å². The number of rotatable bonds is 9. The predicted octanol–water partition coefficient (Wildman–Crippen LogP) is 4.53. The van der Waals surface area contributed by atoms with Crippen LogP contribution >= 0.6 is 23.4 Å². The van der Waals surface area contributed by atoms with Crippen LogP contribution in [0, 0.1) is 0 Å². The molecular formula is C20H22ClN5O2S. The number of aromatic nitrogens is 4. The second-order valence-corrected chi connectivity index (χ2v) is 7.62. The maximum atomic E-state index is 12.3. The van der Waals surface area contributed by atoms with Gasteiger partial charge < -0.3 is 14.6 Å². The van der Waals surface area contributed by atoms with E-state index in [0.29, 0.717) is 16.0 Å². The van der Waals surface area contributed by atoms with Crippen LogP contribution in [0.15, 0.2) is 47.8 Å². The van der Waals surface area contributed by atoms with E-state index in [1.807, 2.05) is 24.3 Å². The van der Waals surface area contributed by atoms with Gasteiger partial charge in [0.15, 0.2) is 11.0 Å². The molecule has 3 rings (SSSR count). The van der Waals surface area contributed by atoms with Gasteiger partial charge in [-0.2, -0.15) is 0 Å². The number of benzene rings is 1. The van der Waals surface area contributed by atoms with Crippen LogP contribution in [0.3, 0.4) is 0 Å². The Morgan fingerprint density at radius 1 is 1.21 bits per heavy atom. The molecule has 0 aliphatic heterocycles. The van der Waals surface area contributed by atoms with E-state index >= 15 is 0 Å². The molecule has 3 aromatic rings. The minimum absolute atomic E-state index is 0.166. The van der Waals surface area contributed by atoms with Crippen LogP contribution in [0.4, 0.5) is 5.82 Å². The number of halogens is 1. The minimum Gasteiger partial charge on any atom is -0.497 e. The van der Waals surface area contributed by atoms with Crippen LogP contribution < -0.4 is 10.1 Å². The zero-order valence-corrected chi connectivity index (χ0v) is 17.8. The fraction of sp³-hybridized carbons (Fsp3) is 0.300. The standard InChI is InChI=1S/C20H22ClN5O2S/c1-3-4-11-26-19(14-5-8-16(28-2)9-6-14)24-25-20(26)29-13-18(27)23-17-10-7-15(21)12-22-17/h5-10,12H,3-4,11,13H2,1-2H3,(H,22,23,27). The van der Waals surface area contributed by atoms with Crippen LogP contribution in [0.25, 0.3) is 11.4 Å². The molecule has 0 fully saturated rings. The van der Waals surface area contributed by atoms with Crippen molar-refractivity contribution in [1.82, 2.24) is 19.7 Å². The molecule has 0 spiro atoms. The molecule has 1 amide bonds. The lowest BCUT2D eigenvalue weighted by Crippen LogP contribution is -2.15. The van der Waals surface area contributed by atoms with Crippen molar-refractivity contribution in [3.63, 3.8) is 0 Å². The Labute approximate surface area is 178 Å². The summed E-state index contributed by atoms with van der Waals surface area (Å²) in [5.74, 6) is 2.07. The van der Waals surface area contributed by atoms with Gasteiger partial charge in [-0.15, -0.1) is 10.2 Å². The first-order valence-electron chi connectivity index (χ1n) is 9.22. The van der Waals surface area contributed by atoms with Crippen LogP contribution in [0.2, 0.25) is 5.02 Å². The van der Waals surface area contributed by atoms with Gasteiger partial charge in [0.05, 0.1) is 17.9 Å². The SMILES string of the molecule is CCCCn1c(SCC(=O)Nc2ccc(Cl)cn2)nnc1-c1ccc(OC)cc1. The summed E-state index contributed by atoms with van der Waals surface area (Å²) in [6, 6.07) is 11.1. The molecule has 0 unspecified atom stereocenters. The van der Waals surface area contributed by atoms with Crippen molar-refractivity contribution in [2.45, 2.75) is 31.5 Å². The van der Waals surface area contributed by atoms with Crippen molar-refractivity contribution in [2.24, 2.45) is 0 Å². The van der Waals surface area contributed by atoms with Crippen LogP contribution in [0.1, 0.15) is 19.8 Å². The number of nitrogens with zero attached hydrogens (tertiary/aromatic N) is 4. The monoisotopic (exact) mass is 431 g/mol. The lowest BCUT2D eigenvalue weighted by molar-refractivity contribution is -0.113. The third kappa shape index (κ3) is 5.71. The summed E-state index contributed by atoms with van der Waals surface area (Å²) >= 11 is 7.16. The van der Waals surface area contributed by atoms with Crippen LogP contribution in [-0.4, -0.2) is 38.5 Å². The second kappa shape index (κ2) is 10.3. The molecule has 0 atom stereocenters. The molecule has 29 heavy (non-hydrogen) atoms. The number of hydrogen-bond acceptors (Lipinski definition) is 6. The molecule has 9 heteroatoms. The fourth-order valence-corrected chi connectivity index (χ4v) is 3.50. The first-order valence-corrected chi connectivity index (χ1v) is 10.6. The number of pyridine rings is 1. The predicted molar refractivity (Wildman–Crippen MR) is 116 cm³/mol. The van der Waals surface area contributed by atoms with E-state index in [-0.39, 0.29) is 11.7 Å². The molecule has 0 saturated heterocycles. The van der Waals surface area contributed by atoms with Crippen molar-refractivity contribution < 1.29 is 9.53 Å². The second-order valence-electron chi connectivity index (χ2n) is 6.24. The Morgan fingerprint density at radius 3 is 2.66 bits per heavy atom. The van der Waals surface area contributed by atoms with Gasteiger partial charge in [0, 0.05) is 18.3 Å². The van der Waals surface area contributed by atoms with Crippen molar-refractivity contribution in [3.05, 3.63) is 47.6 Å². The molecule has 1 aromatic carbocycles. The number of hydrogen-bond donors (Lipinski definition) is 1. The Hall–Kier alpha value is -2.58. The quantitative estimate of drug-likeness (QED) is 0.501. The van der Waals surface area contributed by atoms with Crippen molar-refractivity contribution in [1.29, 1.82) is 0 Å². The smallest absolute Gasteiger partial charge is 0.236 e. The maximum absolute atomic E-state index is 12.3. The van der Waals surface area contributed by atoms with Gasteiger partial charge in [-0.1, -0.05) is 36.7 Å². The molecule has 2 aromatic heterocycles. The normalized spacial score (nSPS) is 10.7. The molecule has 7 nitrogen and oxygen atoms in total. The molecule has 152 valence electrons. The first kappa shape index (κ1) is 21.1. The average Bonchev–Trinajstić information content (AvgIpc) is 3.15. The number of ether oxygens (including phenoxy) is 1. The zero-order valence-electron chi connectivity index (χ0n) is 16.3. The van der Waals surface area contributed by atoms with Crippen LogP contribution in [-0.2, 0) is 11.3 Å². The van der Waals surface area contributed by atoms with Crippen LogP contribution in [0.5, 0.6) is 5.75 Å². The molecule has 0 radical (unpaired) electrons. The number of thioether (sulfide) groups is 1. The number of carbonyl (C=O) groups excluding carboxylic acids is 1. The highest BCUT2D eigenvalue weighted by atomic mass is 35.5. The number of anilines is 1. The number of carbonyl (C=O) groups is 1. The van der Waals surface area contributed by atoms with E-state index in [0.717, 1.165) is 36.5 Å². The lowest BCUT2D eigenvalue weighted by Gasteiger charge is -2.10. The van der Waals surface area contributed by atoms with Gasteiger partial charge >= 0.3 is 0 Å². The zero-order chi connectivity index (χ0) is 20.6. The summed E-state index contributed by atoms with van der Waals surface area (Å²) in [5.41, 5.74) is 0.955. The molecule has 0 aliphatic carbocycles. The topological polar surface area (TPSA) is 81.9 Å². The molecule has 0 saturated carbocycles. The molecule has 0 bridgehead atoms. The maximum Gasteiger partial charge on any atom is 0.236 e. The summed E-state index contributed by atoms with van der Waals surface area (Å²) in [5, 5.41) is 12.7. The fourth-order valence-electron chi connectivity index (χ4n) is 2.63. The summed E-state index contributed by atoms with van der Waals surface area (Å²) < 4.78 is 7.28. The summed E-state index contributed by atoms with van der Waals surface area (Å²) in [6.07, 6.45) is 3.54. The van der Waals surface area contributed by atoms with Crippen molar-refractivity contribution in [2.75, 3.05) is 18.2 Å². The Balaban J connectivity index is 1.71. The van der Waals surface area contributed by atoms with Gasteiger partial charge in [-0.05, 0) is 42.8 Å². The van der Waals surface area contributed by atoms with E-state index in [4.69, 9.17) is 16.3 Å². The summed E-state index contributed by atoms with van der Waals surface area (Å²) in [6.45, 7) is 2.92. The molecular weight excluding hydrogens is 410 g/mol. The summed E-state index contributed by atoms with van der Waals surface area (Å²) in [7, 11) is 1.64. The molecule has 1 N–H and O–H groups in total. The number of unbranched alkanes of at least 4 members (excludes halogenated alkanes) is 1. The summed E-state index contributed by atoms with van der Waals surface area (Å²) in [4.78, 5) is 16.3. The highest BCUT2D eigenvalue weighted by molar-refractivity contribution is 7.99. The molecule has 0 aliphatic rings. The van der Waals surface area contributed by atoms with Gasteiger partial charge in [0.25, 0.3) is 0 Å². The minimum atomic E-state index is -0.166. The Kier molecular flexibility index (Phi) is 7.48. The number of methoxy groups -OCH3 is 1. The van der Waals surface area contributed by atoms with E-state index in [1.54, 1.807) is 19.2 Å². The molecule has 2 heterocycles. The number of nitrogens with one attached hydrogen (secondary N) is 1. The highest BCUT2D eigenvalue weighted by Crippen LogP contribution is 2.26. The van der Waals surface area contributed by atoms with Gasteiger partial charge in [0.1, 0.15) is 11.6 Å². The van der Waals surface area contributed by atoms with Gasteiger partial charge in [-0.25, -0.2) is 4.98 Å². The largest absolute Gasteiger partial charge is 0.497 e. The Morgan fingerprint density at radius 2 is 2.00 bits per heavy atom. The van der Waals surface area contributed by atoms with Crippen molar-refractivity contribution in [3.8, 4) is 17.1 Å². The van der Waals surface area contributed by atoms with E-state index in [1.165, 1.54) is 18.0 Å². The first-order chi connectivity index (χ1) is 14.1.